The summed E-state index contributed by atoms with van der Waals surface area (Å²) in [5.74, 6) is 0.147. The van der Waals surface area contributed by atoms with E-state index in [-0.39, 0.29) is 11.8 Å². The first-order valence-electron chi connectivity index (χ1n) is 11.6. The zero-order valence-corrected chi connectivity index (χ0v) is 19.0. The Morgan fingerprint density at radius 3 is 2.47 bits per heavy atom. The van der Waals surface area contributed by atoms with Crippen LogP contribution in [0.4, 0.5) is 11.4 Å². The van der Waals surface area contributed by atoms with E-state index in [1.807, 2.05) is 42.5 Å². The minimum absolute atomic E-state index is 0.0372. The minimum Gasteiger partial charge on any atom is -0.371 e. The summed E-state index contributed by atoms with van der Waals surface area (Å²) in [5.41, 5.74) is 4.11. The number of nitrogens with one attached hydrogen (secondary N) is 1. The van der Waals surface area contributed by atoms with E-state index < -0.39 is 0 Å². The smallest absolute Gasteiger partial charge is 0.227 e. The number of benzene rings is 2. The van der Waals surface area contributed by atoms with Gasteiger partial charge in [-0.2, -0.15) is 0 Å². The van der Waals surface area contributed by atoms with Crippen molar-refractivity contribution in [2.24, 2.45) is 5.92 Å². The molecule has 2 saturated heterocycles. The van der Waals surface area contributed by atoms with Gasteiger partial charge in [-0.05, 0) is 87.3 Å². The number of anilines is 2. The molecule has 5 nitrogen and oxygen atoms in total. The minimum atomic E-state index is 0.0372. The molecular formula is C26H29ClN4O. The first-order chi connectivity index (χ1) is 15.6. The van der Waals surface area contributed by atoms with Crippen LogP contribution < -0.4 is 10.2 Å². The number of piperidine rings is 1. The number of likely N-dealkylation sites (tertiary alicyclic amines) is 1. The van der Waals surface area contributed by atoms with Crippen molar-refractivity contribution in [1.82, 2.24) is 9.88 Å². The highest BCUT2D eigenvalue weighted by Gasteiger charge is 2.25. The van der Waals surface area contributed by atoms with E-state index in [9.17, 15) is 4.79 Å². The molecule has 0 aliphatic carbocycles. The predicted octanol–water partition coefficient (Wildman–Crippen LogP) is 5.34. The van der Waals surface area contributed by atoms with Gasteiger partial charge in [0.2, 0.25) is 5.91 Å². The second kappa shape index (κ2) is 9.47. The van der Waals surface area contributed by atoms with E-state index in [0.29, 0.717) is 0 Å². The van der Waals surface area contributed by atoms with Gasteiger partial charge in [-0.15, -0.1) is 0 Å². The van der Waals surface area contributed by atoms with Crippen LogP contribution in [-0.2, 0) is 11.3 Å². The zero-order chi connectivity index (χ0) is 21.9. The average Bonchev–Trinajstić information content (AvgIpc) is 3.33. The van der Waals surface area contributed by atoms with Crippen LogP contribution in [0.1, 0.15) is 31.4 Å². The van der Waals surface area contributed by atoms with E-state index in [0.717, 1.165) is 59.8 Å². The summed E-state index contributed by atoms with van der Waals surface area (Å²) in [5, 5.41) is 4.94. The number of aromatic nitrogens is 1. The SMILES string of the molecule is O=C(Nc1ccc2nc(CN3CCCC3)ccc2c1)C1CCN(c2ccc(Cl)cc2)CC1. The number of carbonyl (C=O) groups excluding carboxylic acids is 1. The van der Waals surface area contributed by atoms with Crippen LogP contribution in [0.3, 0.4) is 0 Å². The van der Waals surface area contributed by atoms with Crippen LogP contribution in [-0.4, -0.2) is 42.0 Å². The first kappa shape index (κ1) is 21.2. The maximum absolute atomic E-state index is 12.9. The lowest BCUT2D eigenvalue weighted by atomic mass is 9.95. The van der Waals surface area contributed by atoms with Gasteiger partial charge >= 0.3 is 0 Å². The second-order valence-electron chi connectivity index (χ2n) is 8.92. The molecule has 0 atom stereocenters. The highest BCUT2D eigenvalue weighted by Crippen LogP contribution is 2.26. The summed E-state index contributed by atoms with van der Waals surface area (Å²) >= 11 is 5.99. The fraction of sp³-hybridized carbons (Fsp3) is 0.385. The number of carbonyl (C=O) groups is 1. The standard InChI is InChI=1S/C26H29ClN4O/c27-21-4-8-24(9-5-21)31-15-11-19(12-16-31)26(32)29-22-7-10-25-20(17-22)3-6-23(28-25)18-30-13-1-2-14-30/h3-10,17,19H,1-2,11-16,18H2,(H,29,32). The third kappa shape index (κ3) is 4.89. The summed E-state index contributed by atoms with van der Waals surface area (Å²) < 4.78 is 0. The monoisotopic (exact) mass is 448 g/mol. The molecule has 0 saturated carbocycles. The van der Waals surface area contributed by atoms with Crippen LogP contribution in [0.5, 0.6) is 0 Å². The van der Waals surface area contributed by atoms with E-state index >= 15 is 0 Å². The largest absolute Gasteiger partial charge is 0.371 e. The van der Waals surface area contributed by atoms with Crippen molar-refractivity contribution in [3.05, 3.63) is 65.3 Å². The van der Waals surface area contributed by atoms with Gasteiger partial charge in [0.1, 0.15) is 0 Å². The molecular weight excluding hydrogens is 420 g/mol. The molecule has 3 aromatic rings. The number of hydrogen-bond acceptors (Lipinski definition) is 4. The Morgan fingerprint density at radius 2 is 1.72 bits per heavy atom. The van der Waals surface area contributed by atoms with E-state index in [1.54, 1.807) is 0 Å². The normalized spacial score (nSPS) is 17.7. The summed E-state index contributed by atoms with van der Waals surface area (Å²) in [6.07, 6.45) is 4.28. The second-order valence-corrected chi connectivity index (χ2v) is 9.36. The molecule has 2 aromatic carbocycles. The summed E-state index contributed by atoms with van der Waals surface area (Å²) in [4.78, 5) is 22.5. The van der Waals surface area contributed by atoms with Crippen LogP contribution in [0, 0.1) is 5.92 Å². The number of halogens is 1. The van der Waals surface area contributed by atoms with Crippen molar-refractivity contribution in [2.45, 2.75) is 32.2 Å². The van der Waals surface area contributed by atoms with Gasteiger partial charge in [0.05, 0.1) is 11.2 Å². The molecule has 1 amide bonds. The molecule has 0 unspecified atom stereocenters. The molecule has 2 aliphatic heterocycles. The Balaban J connectivity index is 1.18. The van der Waals surface area contributed by atoms with Gasteiger partial charge in [-0.1, -0.05) is 17.7 Å². The van der Waals surface area contributed by atoms with Crippen molar-refractivity contribution < 1.29 is 4.79 Å². The molecule has 0 bridgehead atoms. The first-order valence-corrected chi connectivity index (χ1v) is 12.0. The molecule has 2 fully saturated rings. The van der Waals surface area contributed by atoms with E-state index in [1.165, 1.54) is 31.6 Å². The molecule has 6 heteroatoms. The lowest BCUT2D eigenvalue weighted by Gasteiger charge is -2.33. The van der Waals surface area contributed by atoms with Gasteiger partial charge < -0.3 is 10.2 Å². The Kier molecular flexibility index (Phi) is 6.28. The highest BCUT2D eigenvalue weighted by atomic mass is 35.5. The fourth-order valence-corrected chi connectivity index (χ4v) is 4.93. The van der Waals surface area contributed by atoms with Gasteiger partial charge in [-0.3, -0.25) is 14.7 Å². The molecule has 32 heavy (non-hydrogen) atoms. The Hall–Kier alpha value is -2.63. The zero-order valence-electron chi connectivity index (χ0n) is 18.3. The van der Waals surface area contributed by atoms with Gasteiger partial charge in [0.15, 0.2) is 0 Å². The van der Waals surface area contributed by atoms with Crippen LogP contribution in [0.2, 0.25) is 5.02 Å². The number of fused-ring (bicyclic) bond motifs is 1. The van der Waals surface area contributed by atoms with Crippen LogP contribution in [0.15, 0.2) is 54.6 Å². The molecule has 3 heterocycles. The van der Waals surface area contributed by atoms with Gasteiger partial charge in [0.25, 0.3) is 0 Å². The molecule has 1 N–H and O–H groups in total. The summed E-state index contributed by atoms with van der Waals surface area (Å²) in [7, 11) is 0. The lowest BCUT2D eigenvalue weighted by molar-refractivity contribution is -0.120. The average molecular weight is 449 g/mol. The predicted molar refractivity (Wildman–Crippen MR) is 131 cm³/mol. The van der Waals surface area contributed by atoms with E-state index in [2.05, 4.69) is 27.2 Å². The van der Waals surface area contributed by atoms with Crippen molar-refractivity contribution in [3.63, 3.8) is 0 Å². The third-order valence-corrected chi connectivity index (χ3v) is 6.91. The van der Waals surface area contributed by atoms with Crippen molar-refractivity contribution >= 4 is 39.8 Å². The quantitative estimate of drug-likeness (QED) is 0.572. The van der Waals surface area contributed by atoms with Crippen LogP contribution >= 0.6 is 11.6 Å². The Labute approximate surface area is 194 Å². The Morgan fingerprint density at radius 1 is 0.969 bits per heavy atom. The number of pyridine rings is 1. The molecule has 0 spiro atoms. The Bertz CT molecular complexity index is 1090. The topological polar surface area (TPSA) is 48.5 Å². The van der Waals surface area contributed by atoms with Crippen LogP contribution in [0.25, 0.3) is 10.9 Å². The molecule has 2 aliphatic rings. The number of nitrogens with zero attached hydrogens (tertiary/aromatic N) is 3. The number of hydrogen-bond donors (Lipinski definition) is 1. The maximum atomic E-state index is 12.9. The number of amides is 1. The molecule has 5 rings (SSSR count). The van der Waals surface area contributed by atoms with Gasteiger partial charge in [-0.25, -0.2) is 0 Å². The van der Waals surface area contributed by atoms with Crippen molar-refractivity contribution in [1.29, 1.82) is 0 Å². The van der Waals surface area contributed by atoms with E-state index in [4.69, 9.17) is 16.6 Å². The van der Waals surface area contributed by atoms with Crippen molar-refractivity contribution in [3.8, 4) is 0 Å². The van der Waals surface area contributed by atoms with Crippen molar-refractivity contribution in [2.75, 3.05) is 36.4 Å². The lowest BCUT2D eigenvalue weighted by Crippen LogP contribution is -2.38. The fourth-order valence-electron chi connectivity index (χ4n) is 4.80. The summed E-state index contributed by atoms with van der Waals surface area (Å²) in [6, 6.07) is 18.2. The van der Waals surface area contributed by atoms with Gasteiger partial charge in [0, 0.05) is 47.3 Å². The molecule has 1 aromatic heterocycles. The highest BCUT2D eigenvalue weighted by molar-refractivity contribution is 6.30. The molecule has 166 valence electrons. The third-order valence-electron chi connectivity index (χ3n) is 6.66. The maximum Gasteiger partial charge on any atom is 0.227 e. The number of rotatable bonds is 5. The molecule has 0 radical (unpaired) electrons. The summed E-state index contributed by atoms with van der Waals surface area (Å²) in [6.45, 7) is 5.01.